The summed E-state index contributed by atoms with van der Waals surface area (Å²) in [6.45, 7) is 0.823. The largest absolute Gasteiger partial charge is 0.378 e. The van der Waals surface area contributed by atoms with E-state index in [1.807, 2.05) is 0 Å². The monoisotopic (exact) mass is 159 g/mol. The van der Waals surface area contributed by atoms with Gasteiger partial charge in [-0.05, 0) is 6.42 Å². The Hall–Kier alpha value is -0.710. The molecule has 1 rings (SSSR count). The Kier molecular flexibility index (Phi) is 2.56. The third-order valence-electron chi connectivity index (χ3n) is 1.05. The number of nitro groups is 1. The van der Waals surface area contributed by atoms with Crippen LogP contribution in [0.3, 0.4) is 0 Å². The Morgan fingerprint density at radius 1 is 1.80 bits per heavy atom. The van der Waals surface area contributed by atoms with Gasteiger partial charge in [-0.2, -0.15) is 0 Å². The first kappa shape index (κ1) is 7.40. The van der Waals surface area contributed by atoms with Crippen molar-refractivity contribution in [1.29, 1.82) is 0 Å². The van der Waals surface area contributed by atoms with Gasteiger partial charge in [0.2, 0.25) is 0 Å². The average molecular weight is 159 g/mol. The molecule has 5 heteroatoms. The molecule has 0 saturated carbocycles. The summed E-state index contributed by atoms with van der Waals surface area (Å²) in [6.07, 6.45) is 3.14. The van der Waals surface area contributed by atoms with Gasteiger partial charge < -0.3 is 5.32 Å². The van der Waals surface area contributed by atoms with Crippen molar-refractivity contribution < 1.29 is 4.92 Å². The van der Waals surface area contributed by atoms with E-state index in [0.29, 0.717) is 5.03 Å². The minimum Gasteiger partial charge on any atom is -0.374 e. The number of nitrogens with one attached hydrogen (secondary N) is 1. The van der Waals surface area contributed by atoms with Crippen LogP contribution in [0.25, 0.3) is 0 Å². The van der Waals surface area contributed by atoms with Crippen molar-refractivity contribution >= 4 is 11.8 Å². The first-order valence-corrected chi connectivity index (χ1v) is 3.92. The maximum atomic E-state index is 9.89. The summed E-state index contributed by atoms with van der Waals surface area (Å²) >= 11 is 1.44. The average Bonchev–Trinajstić information content (AvgIpc) is 1.88. The van der Waals surface area contributed by atoms with E-state index in [9.17, 15) is 10.1 Å². The van der Waals surface area contributed by atoms with E-state index in [0.717, 1.165) is 18.7 Å². The Bertz CT molecular complexity index is 161. The van der Waals surface area contributed by atoms with Crippen molar-refractivity contribution in [2.75, 3.05) is 12.3 Å². The minimum atomic E-state index is -0.555. The SMILES string of the molecule is O=[N+]([O-])/[C]=C1/NCCCS1. The second-order valence-electron chi connectivity index (χ2n) is 1.83. The van der Waals surface area contributed by atoms with Gasteiger partial charge in [-0.25, -0.2) is 0 Å². The maximum Gasteiger partial charge on any atom is 0.378 e. The molecule has 0 aliphatic carbocycles. The molecule has 0 atom stereocenters. The number of rotatable bonds is 1. The van der Waals surface area contributed by atoms with Gasteiger partial charge in [0.15, 0.2) is 5.03 Å². The smallest absolute Gasteiger partial charge is 0.374 e. The number of hydrogen-bond acceptors (Lipinski definition) is 4. The molecule has 1 heterocycles. The predicted molar refractivity (Wildman–Crippen MR) is 38.8 cm³/mol. The van der Waals surface area contributed by atoms with Crippen LogP contribution in [0.15, 0.2) is 5.03 Å². The number of nitrogens with zero attached hydrogens (tertiary/aromatic N) is 1. The van der Waals surface area contributed by atoms with Gasteiger partial charge in [-0.1, -0.05) is 0 Å². The quantitative estimate of drug-likeness (QED) is 0.345. The van der Waals surface area contributed by atoms with Gasteiger partial charge in [0, 0.05) is 12.3 Å². The van der Waals surface area contributed by atoms with Crippen LogP contribution in [0.5, 0.6) is 0 Å². The molecular weight excluding hydrogens is 152 g/mol. The van der Waals surface area contributed by atoms with Crippen LogP contribution >= 0.6 is 11.8 Å². The topological polar surface area (TPSA) is 55.2 Å². The molecule has 0 unspecified atom stereocenters. The second kappa shape index (κ2) is 3.46. The molecule has 1 aliphatic heterocycles. The molecule has 1 N–H and O–H groups in total. The van der Waals surface area contributed by atoms with Crippen molar-refractivity contribution in [2.24, 2.45) is 0 Å². The summed E-state index contributed by atoms with van der Waals surface area (Å²) in [7, 11) is 0. The van der Waals surface area contributed by atoms with E-state index in [-0.39, 0.29) is 0 Å². The predicted octanol–water partition coefficient (Wildman–Crippen LogP) is 0.592. The molecule has 0 amide bonds. The normalized spacial score (nSPS) is 22.2. The molecule has 55 valence electrons. The lowest BCUT2D eigenvalue weighted by molar-refractivity contribution is -0.420. The molecule has 1 saturated heterocycles. The Labute approximate surface area is 62.8 Å². The summed E-state index contributed by atoms with van der Waals surface area (Å²) in [4.78, 5) is 9.33. The van der Waals surface area contributed by atoms with Crippen LogP contribution in [0.1, 0.15) is 6.42 Å². The lowest BCUT2D eigenvalue weighted by Gasteiger charge is -2.11. The number of hydrogen-bond donors (Lipinski definition) is 1. The number of thioether (sulfide) groups is 1. The van der Waals surface area contributed by atoms with Crippen molar-refractivity contribution in [2.45, 2.75) is 6.42 Å². The molecule has 0 aromatic carbocycles. The Balaban J connectivity index is 2.45. The molecule has 1 radical (unpaired) electrons. The molecule has 1 fully saturated rings. The van der Waals surface area contributed by atoms with Crippen LogP contribution in [-0.4, -0.2) is 17.2 Å². The highest BCUT2D eigenvalue weighted by molar-refractivity contribution is 8.03. The third kappa shape index (κ3) is 2.26. The third-order valence-corrected chi connectivity index (χ3v) is 2.06. The highest BCUT2D eigenvalue weighted by atomic mass is 32.2. The summed E-state index contributed by atoms with van der Waals surface area (Å²) in [5.74, 6) is 0.948. The fourth-order valence-electron chi connectivity index (χ4n) is 0.654. The molecule has 1 aliphatic rings. The van der Waals surface area contributed by atoms with Crippen LogP contribution in [0, 0.1) is 16.3 Å². The summed E-state index contributed by atoms with van der Waals surface area (Å²) in [6, 6.07) is 0. The molecule has 0 aromatic heterocycles. The van der Waals surface area contributed by atoms with E-state index >= 15 is 0 Å². The molecule has 4 nitrogen and oxygen atoms in total. The summed E-state index contributed by atoms with van der Waals surface area (Å²) in [5, 5.41) is 13.3. The lowest BCUT2D eigenvalue weighted by Crippen LogP contribution is -2.19. The Morgan fingerprint density at radius 3 is 3.10 bits per heavy atom. The van der Waals surface area contributed by atoms with Crippen molar-refractivity contribution in [1.82, 2.24) is 5.32 Å². The van der Waals surface area contributed by atoms with Gasteiger partial charge in [-0.15, -0.1) is 11.8 Å². The fourth-order valence-corrected chi connectivity index (χ4v) is 1.49. The maximum absolute atomic E-state index is 9.89. The molecule has 0 spiro atoms. The zero-order valence-electron chi connectivity index (χ0n) is 5.29. The van der Waals surface area contributed by atoms with Crippen LogP contribution in [0.2, 0.25) is 0 Å². The zero-order valence-corrected chi connectivity index (χ0v) is 6.11. The molecule has 0 aromatic rings. The van der Waals surface area contributed by atoms with E-state index in [2.05, 4.69) is 11.5 Å². The van der Waals surface area contributed by atoms with E-state index < -0.39 is 4.92 Å². The van der Waals surface area contributed by atoms with Crippen LogP contribution in [0.4, 0.5) is 0 Å². The molecule has 10 heavy (non-hydrogen) atoms. The highest BCUT2D eigenvalue weighted by Gasteiger charge is 2.09. The van der Waals surface area contributed by atoms with Crippen LogP contribution in [-0.2, 0) is 0 Å². The van der Waals surface area contributed by atoms with E-state index in [1.165, 1.54) is 11.8 Å². The molecular formula is C5H7N2O2S. The van der Waals surface area contributed by atoms with Gasteiger partial charge in [-0.3, -0.25) is 10.1 Å². The van der Waals surface area contributed by atoms with Crippen molar-refractivity contribution in [3.05, 3.63) is 21.3 Å². The van der Waals surface area contributed by atoms with Gasteiger partial charge in [0.25, 0.3) is 0 Å². The fraction of sp³-hybridized carbons (Fsp3) is 0.600. The highest BCUT2D eigenvalue weighted by Crippen LogP contribution is 2.16. The summed E-state index contributed by atoms with van der Waals surface area (Å²) in [5.41, 5.74) is 0. The lowest BCUT2D eigenvalue weighted by atomic mass is 10.5. The zero-order chi connectivity index (χ0) is 7.40. The first-order valence-electron chi connectivity index (χ1n) is 2.94. The van der Waals surface area contributed by atoms with Gasteiger partial charge in [0.05, 0.1) is 4.92 Å². The second-order valence-corrected chi connectivity index (χ2v) is 2.93. The standard InChI is InChI=1S/C5H7N2O2S/c8-7(9)4-5-6-2-1-3-10-5/h6H,1-3H2. The molecule has 0 bridgehead atoms. The van der Waals surface area contributed by atoms with Crippen molar-refractivity contribution in [3.8, 4) is 0 Å². The summed E-state index contributed by atoms with van der Waals surface area (Å²) < 4.78 is 0. The van der Waals surface area contributed by atoms with Crippen LogP contribution < -0.4 is 5.32 Å². The minimum absolute atomic E-state index is 0.552. The Morgan fingerprint density at radius 2 is 2.60 bits per heavy atom. The first-order chi connectivity index (χ1) is 4.79. The van der Waals surface area contributed by atoms with E-state index in [1.54, 1.807) is 0 Å². The van der Waals surface area contributed by atoms with Gasteiger partial charge >= 0.3 is 6.20 Å². The van der Waals surface area contributed by atoms with Gasteiger partial charge in [0.1, 0.15) is 0 Å². The van der Waals surface area contributed by atoms with Crippen molar-refractivity contribution in [3.63, 3.8) is 0 Å². The van der Waals surface area contributed by atoms with E-state index in [4.69, 9.17) is 0 Å².